The van der Waals surface area contributed by atoms with Crippen molar-refractivity contribution in [2.24, 2.45) is 5.92 Å². The Balaban J connectivity index is 1.62. The van der Waals surface area contributed by atoms with Crippen molar-refractivity contribution >= 4 is 17.5 Å². The number of hydrogen-bond donors (Lipinski definition) is 1. The smallest absolute Gasteiger partial charge is 0.153 e. The van der Waals surface area contributed by atoms with Gasteiger partial charge in [-0.05, 0) is 25.7 Å². The van der Waals surface area contributed by atoms with Gasteiger partial charge in [0.1, 0.15) is 0 Å². The Morgan fingerprint density at radius 3 is 2.84 bits per heavy atom. The third kappa shape index (κ3) is 3.17. The molecule has 0 aromatic carbocycles. The van der Waals surface area contributed by atoms with E-state index in [0.29, 0.717) is 5.78 Å². The summed E-state index contributed by atoms with van der Waals surface area (Å²) in [5, 5.41) is 3.40. The topological polar surface area (TPSA) is 38.3 Å². The Morgan fingerprint density at radius 2 is 2.11 bits per heavy atom. The first kappa shape index (κ1) is 13.9. The zero-order chi connectivity index (χ0) is 13.1. The molecule has 1 N–H and O–H groups in total. The van der Waals surface area contributed by atoms with Gasteiger partial charge in [-0.2, -0.15) is 11.8 Å². The highest BCUT2D eigenvalue weighted by atomic mass is 32.2. The minimum absolute atomic E-state index is 0.0542. The molecule has 3 aliphatic rings. The first-order valence-electron chi connectivity index (χ1n) is 7.78. The molecule has 1 aliphatic carbocycles. The van der Waals surface area contributed by atoms with Gasteiger partial charge in [0, 0.05) is 30.6 Å². The fourth-order valence-corrected chi connectivity index (χ4v) is 4.79. The van der Waals surface area contributed by atoms with Crippen LogP contribution < -0.4 is 5.32 Å². The molecule has 3 nitrogen and oxygen atoms in total. The largest absolute Gasteiger partial charge is 0.375 e. The molecule has 0 bridgehead atoms. The summed E-state index contributed by atoms with van der Waals surface area (Å²) in [5.74, 6) is 2.80. The monoisotopic (exact) mass is 283 g/mol. The molecule has 3 fully saturated rings. The van der Waals surface area contributed by atoms with E-state index in [1.165, 1.54) is 32.1 Å². The van der Waals surface area contributed by atoms with Gasteiger partial charge in [0.15, 0.2) is 5.78 Å². The van der Waals surface area contributed by atoms with E-state index in [4.69, 9.17) is 4.74 Å². The standard InChI is InChI=1S/C15H25NO2S/c17-14(13-11-19-9-7-16-13)12-4-8-18-15(10-12)5-2-1-3-6-15/h12-13,16H,1-11H2. The number of carbonyl (C=O) groups excluding carboxylic acids is 1. The van der Waals surface area contributed by atoms with Gasteiger partial charge >= 0.3 is 0 Å². The molecule has 2 saturated heterocycles. The average molecular weight is 283 g/mol. The summed E-state index contributed by atoms with van der Waals surface area (Å²) in [5.41, 5.74) is 0.0542. The second kappa shape index (κ2) is 6.15. The Morgan fingerprint density at radius 1 is 1.26 bits per heavy atom. The maximum Gasteiger partial charge on any atom is 0.153 e. The lowest BCUT2D eigenvalue weighted by atomic mass is 9.74. The van der Waals surface area contributed by atoms with Crippen LogP contribution in [0.4, 0.5) is 0 Å². The molecular weight excluding hydrogens is 258 g/mol. The predicted octanol–water partition coefficient (Wildman–Crippen LogP) is 2.39. The first-order chi connectivity index (χ1) is 9.29. The summed E-state index contributed by atoms with van der Waals surface area (Å²) in [6.45, 7) is 1.77. The Kier molecular flexibility index (Phi) is 4.50. The Hall–Kier alpha value is -0.0600. The lowest BCUT2D eigenvalue weighted by Gasteiger charge is -2.43. The zero-order valence-electron chi connectivity index (χ0n) is 11.7. The van der Waals surface area contributed by atoms with Gasteiger partial charge in [0.25, 0.3) is 0 Å². The van der Waals surface area contributed by atoms with Gasteiger partial charge in [-0.15, -0.1) is 0 Å². The molecule has 0 radical (unpaired) electrons. The van der Waals surface area contributed by atoms with Gasteiger partial charge < -0.3 is 10.1 Å². The highest BCUT2D eigenvalue weighted by Crippen LogP contribution is 2.41. The van der Waals surface area contributed by atoms with Crippen molar-refractivity contribution in [3.05, 3.63) is 0 Å². The van der Waals surface area contributed by atoms with Crippen LogP contribution in [-0.4, -0.2) is 42.1 Å². The van der Waals surface area contributed by atoms with Crippen molar-refractivity contribution < 1.29 is 9.53 Å². The van der Waals surface area contributed by atoms with E-state index in [9.17, 15) is 4.79 Å². The molecule has 3 rings (SSSR count). The van der Waals surface area contributed by atoms with Crippen LogP contribution in [0, 0.1) is 5.92 Å². The fourth-order valence-electron chi connectivity index (χ4n) is 3.85. The predicted molar refractivity (Wildman–Crippen MR) is 78.6 cm³/mol. The molecule has 108 valence electrons. The number of thioether (sulfide) groups is 1. The van der Waals surface area contributed by atoms with Gasteiger partial charge in [-0.3, -0.25) is 4.79 Å². The maximum atomic E-state index is 12.6. The van der Waals surface area contributed by atoms with Gasteiger partial charge in [0.2, 0.25) is 0 Å². The molecular formula is C15H25NO2S. The number of hydrogen-bond acceptors (Lipinski definition) is 4. The van der Waals surface area contributed by atoms with E-state index in [-0.39, 0.29) is 17.6 Å². The lowest BCUT2D eigenvalue weighted by Crippen LogP contribution is -2.50. The Labute approximate surface area is 120 Å². The molecule has 0 amide bonds. The SMILES string of the molecule is O=C(C1CCOC2(CCCCC2)C1)C1CSCCN1. The quantitative estimate of drug-likeness (QED) is 0.844. The van der Waals surface area contributed by atoms with Gasteiger partial charge in [-0.25, -0.2) is 0 Å². The second-order valence-corrected chi connectivity index (χ2v) is 7.42. The number of rotatable bonds is 2. The molecule has 0 aromatic rings. The highest BCUT2D eigenvalue weighted by Gasteiger charge is 2.42. The minimum atomic E-state index is 0.0542. The van der Waals surface area contributed by atoms with Crippen molar-refractivity contribution in [1.82, 2.24) is 5.32 Å². The second-order valence-electron chi connectivity index (χ2n) is 6.27. The molecule has 2 unspecified atom stereocenters. The number of carbonyl (C=O) groups is 1. The Bertz CT molecular complexity index is 317. The van der Waals surface area contributed by atoms with Crippen molar-refractivity contribution in [3.63, 3.8) is 0 Å². The van der Waals surface area contributed by atoms with E-state index in [0.717, 1.165) is 37.5 Å². The number of Topliss-reactive ketones (excluding diaryl/α,β-unsaturated/α-hetero) is 1. The number of nitrogens with one attached hydrogen (secondary N) is 1. The van der Waals surface area contributed by atoms with Crippen LogP contribution in [-0.2, 0) is 9.53 Å². The highest BCUT2D eigenvalue weighted by molar-refractivity contribution is 7.99. The summed E-state index contributed by atoms with van der Waals surface area (Å²) in [4.78, 5) is 12.6. The number of ketones is 1. The molecule has 1 spiro atoms. The van der Waals surface area contributed by atoms with Crippen LogP contribution >= 0.6 is 11.8 Å². The first-order valence-corrected chi connectivity index (χ1v) is 8.93. The minimum Gasteiger partial charge on any atom is -0.375 e. The summed E-state index contributed by atoms with van der Waals surface area (Å²) in [7, 11) is 0. The molecule has 1 saturated carbocycles. The average Bonchev–Trinajstić information content (AvgIpc) is 2.48. The van der Waals surface area contributed by atoms with E-state index >= 15 is 0 Å². The van der Waals surface area contributed by atoms with Crippen LogP contribution in [0.1, 0.15) is 44.9 Å². The van der Waals surface area contributed by atoms with Crippen LogP contribution in [0.15, 0.2) is 0 Å². The van der Waals surface area contributed by atoms with E-state index in [1.54, 1.807) is 0 Å². The van der Waals surface area contributed by atoms with E-state index < -0.39 is 0 Å². The van der Waals surface area contributed by atoms with Crippen LogP contribution in [0.5, 0.6) is 0 Å². The van der Waals surface area contributed by atoms with E-state index in [1.807, 2.05) is 11.8 Å². The fraction of sp³-hybridized carbons (Fsp3) is 0.933. The van der Waals surface area contributed by atoms with Gasteiger partial charge in [-0.1, -0.05) is 19.3 Å². The van der Waals surface area contributed by atoms with E-state index in [2.05, 4.69) is 5.32 Å². The van der Waals surface area contributed by atoms with Crippen LogP contribution in [0.3, 0.4) is 0 Å². The third-order valence-corrected chi connectivity index (χ3v) is 5.99. The van der Waals surface area contributed by atoms with Crippen molar-refractivity contribution in [2.45, 2.75) is 56.6 Å². The van der Waals surface area contributed by atoms with Crippen molar-refractivity contribution in [2.75, 3.05) is 24.7 Å². The molecule has 2 aliphatic heterocycles. The summed E-state index contributed by atoms with van der Waals surface area (Å²) in [6.07, 6.45) is 8.15. The summed E-state index contributed by atoms with van der Waals surface area (Å²) < 4.78 is 6.10. The normalized spacial score (nSPS) is 35.2. The maximum absolute atomic E-state index is 12.6. The third-order valence-electron chi connectivity index (χ3n) is 4.93. The van der Waals surface area contributed by atoms with Gasteiger partial charge in [0.05, 0.1) is 11.6 Å². The summed E-state index contributed by atoms with van der Waals surface area (Å²) in [6, 6.07) is 0.0995. The number of ether oxygens (including phenoxy) is 1. The van der Waals surface area contributed by atoms with Crippen molar-refractivity contribution in [1.29, 1.82) is 0 Å². The molecule has 19 heavy (non-hydrogen) atoms. The lowest BCUT2D eigenvalue weighted by molar-refractivity contribution is -0.144. The summed E-state index contributed by atoms with van der Waals surface area (Å²) >= 11 is 1.91. The molecule has 0 aromatic heterocycles. The zero-order valence-corrected chi connectivity index (χ0v) is 12.5. The van der Waals surface area contributed by atoms with Crippen LogP contribution in [0.25, 0.3) is 0 Å². The molecule has 2 atom stereocenters. The molecule has 4 heteroatoms. The van der Waals surface area contributed by atoms with Crippen LogP contribution in [0.2, 0.25) is 0 Å². The molecule has 2 heterocycles. The van der Waals surface area contributed by atoms with Crippen molar-refractivity contribution in [3.8, 4) is 0 Å².